The first kappa shape index (κ1) is 14.2. The van der Waals surface area contributed by atoms with Crippen LogP contribution in [0.4, 0.5) is 0 Å². The number of benzene rings is 1. The van der Waals surface area contributed by atoms with Gasteiger partial charge in [0.15, 0.2) is 0 Å². The first-order valence-electron chi connectivity index (χ1n) is 7.54. The van der Waals surface area contributed by atoms with E-state index in [2.05, 4.69) is 9.97 Å². The predicted octanol–water partition coefficient (Wildman–Crippen LogP) is 1.96. The molecule has 0 radical (unpaired) electrons. The van der Waals surface area contributed by atoms with E-state index in [4.69, 9.17) is 0 Å². The molecule has 0 fully saturated rings. The van der Waals surface area contributed by atoms with Gasteiger partial charge in [-0.2, -0.15) is 0 Å². The Morgan fingerprint density at radius 1 is 1.17 bits per heavy atom. The van der Waals surface area contributed by atoms with Crippen LogP contribution in [0.2, 0.25) is 0 Å². The third-order valence-electron chi connectivity index (χ3n) is 3.95. The zero-order valence-electron chi connectivity index (χ0n) is 12.8. The Kier molecular flexibility index (Phi) is 3.35. The highest BCUT2D eigenvalue weighted by Gasteiger charge is 2.16. The fourth-order valence-corrected chi connectivity index (χ4v) is 2.88. The van der Waals surface area contributed by atoms with Gasteiger partial charge in [-0.25, -0.2) is 4.98 Å². The number of aromatic nitrogens is 4. The first-order chi connectivity index (χ1) is 11.7. The van der Waals surface area contributed by atoms with E-state index in [0.29, 0.717) is 17.6 Å². The van der Waals surface area contributed by atoms with Gasteiger partial charge in [0.2, 0.25) is 12.4 Å². The number of H-pyrrole nitrogens is 1. The van der Waals surface area contributed by atoms with E-state index in [-0.39, 0.29) is 5.56 Å². The molecule has 118 valence electrons. The topological polar surface area (TPSA) is 74.8 Å². The second-order valence-electron chi connectivity index (χ2n) is 5.56. The van der Waals surface area contributed by atoms with Crippen molar-refractivity contribution in [2.75, 3.05) is 0 Å². The molecule has 0 saturated heterocycles. The SMILES string of the molecule is O=c1[nH]cnc2c(-c3ccc[n+](O)c3)cn(Cc3ccccc3)c12. The molecule has 0 aliphatic heterocycles. The highest BCUT2D eigenvalue weighted by Crippen LogP contribution is 2.27. The molecule has 1 aromatic carbocycles. The van der Waals surface area contributed by atoms with E-state index in [0.717, 1.165) is 21.4 Å². The van der Waals surface area contributed by atoms with Crippen molar-refractivity contribution in [3.05, 3.63) is 83.3 Å². The minimum absolute atomic E-state index is 0.185. The molecule has 0 bridgehead atoms. The van der Waals surface area contributed by atoms with Crippen LogP contribution in [0.5, 0.6) is 0 Å². The lowest BCUT2D eigenvalue weighted by Gasteiger charge is -2.04. The fraction of sp³-hybridized carbons (Fsp3) is 0.0556. The van der Waals surface area contributed by atoms with E-state index in [1.54, 1.807) is 12.3 Å². The summed E-state index contributed by atoms with van der Waals surface area (Å²) in [5.74, 6) is 0. The van der Waals surface area contributed by atoms with E-state index < -0.39 is 0 Å². The number of nitrogens with one attached hydrogen (secondary N) is 1. The maximum absolute atomic E-state index is 12.3. The molecule has 4 aromatic rings. The van der Waals surface area contributed by atoms with Crippen molar-refractivity contribution < 1.29 is 9.94 Å². The van der Waals surface area contributed by atoms with Crippen LogP contribution in [0.1, 0.15) is 5.56 Å². The molecule has 0 atom stereocenters. The molecule has 0 saturated carbocycles. The van der Waals surface area contributed by atoms with Crippen LogP contribution >= 0.6 is 0 Å². The highest BCUT2D eigenvalue weighted by molar-refractivity contribution is 5.92. The average molecular weight is 319 g/mol. The van der Waals surface area contributed by atoms with Crippen molar-refractivity contribution in [1.82, 2.24) is 14.5 Å². The minimum atomic E-state index is -0.185. The number of nitrogens with zero attached hydrogens (tertiary/aromatic N) is 3. The van der Waals surface area contributed by atoms with Crippen LogP contribution in [-0.2, 0) is 6.54 Å². The van der Waals surface area contributed by atoms with Gasteiger partial charge in [-0.3, -0.25) is 10.0 Å². The Balaban J connectivity index is 1.93. The van der Waals surface area contributed by atoms with E-state index in [1.165, 1.54) is 12.5 Å². The summed E-state index contributed by atoms with van der Waals surface area (Å²) >= 11 is 0. The van der Waals surface area contributed by atoms with E-state index in [1.807, 2.05) is 47.2 Å². The molecule has 6 nitrogen and oxygen atoms in total. The maximum Gasteiger partial charge on any atom is 0.275 e. The summed E-state index contributed by atoms with van der Waals surface area (Å²) in [4.78, 5) is 19.3. The number of fused-ring (bicyclic) bond motifs is 1. The lowest BCUT2D eigenvalue weighted by molar-refractivity contribution is -0.904. The van der Waals surface area contributed by atoms with Gasteiger partial charge in [-0.1, -0.05) is 30.3 Å². The van der Waals surface area contributed by atoms with Crippen molar-refractivity contribution in [3.63, 3.8) is 0 Å². The van der Waals surface area contributed by atoms with Crippen molar-refractivity contribution >= 4 is 11.0 Å². The van der Waals surface area contributed by atoms with Gasteiger partial charge >= 0.3 is 0 Å². The van der Waals surface area contributed by atoms with Crippen LogP contribution in [0, 0.1) is 0 Å². The van der Waals surface area contributed by atoms with Crippen molar-refractivity contribution in [3.8, 4) is 11.1 Å². The molecule has 0 aliphatic carbocycles. The fourth-order valence-electron chi connectivity index (χ4n) is 2.88. The quantitative estimate of drug-likeness (QED) is 0.448. The summed E-state index contributed by atoms with van der Waals surface area (Å²) in [6.07, 6.45) is 6.42. The molecule has 0 aliphatic rings. The molecule has 0 amide bonds. The number of pyridine rings is 1. The second-order valence-corrected chi connectivity index (χ2v) is 5.56. The van der Waals surface area contributed by atoms with Crippen molar-refractivity contribution in [2.45, 2.75) is 6.54 Å². The van der Waals surface area contributed by atoms with Gasteiger partial charge in [0, 0.05) is 29.1 Å². The molecule has 0 spiro atoms. The van der Waals surface area contributed by atoms with Crippen LogP contribution in [0.25, 0.3) is 22.2 Å². The molecule has 6 heteroatoms. The molecule has 2 N–H and O–H groups in total. The average Bonchev–Trinajstić information content (AvgIpc) is 2.96. The Bertz CT molecular complexity index is 1070. The smallest absolute Gasteiger partial charge is 0.275 e. The second kappa shape index (κ2) is 5.66. The summed E-state index contributed by atoms with van der Waals surface area (Å²) in [6.45, 7) is 0.568. The molecular formula is C18H15N4O2+. The maximum atomic E-state index is 12.3. The standard InChI is InChI=1S/C18H14N4O2/c23-18-17-16(19-12-20-18)15(14-7-4-8-22(24)10-14)11-21(17)9-13-5-2-1-3-6-13/h1-8,10-12H,9H2,(H-,19,20,23,24)/p+1. The number of aromatic amines is 1. The zero-order chi connectivity index (χ0) is 16.5. The van der Waals surface area contributed by atoms with Crippen molar-refractivity contribution in [1.29, 1.82) is 0 Å². The Morgan fingerprint density at radius 2 is 2.00 bits per heavy atom. The summed E-state index contributed by atoms with van der Waals surface area (Å²) in [7, 11) is 0. The third-order valence-corrected chi connectivity index (χ3v) is 3.95. The zero-order valence-corrected chi connectivity index (χ0v) is 12.8. The monoisotopic (exact) mass is 319 g/mol. The largest absolute Gasteiger partial charge is 0.337 e. The van der Waals surface area contributed by atoms with Gasteiger partial charge in [-0.15, -0.1) is 0 Å². The predicted molar refractivity (Wildman–Crippen MR) is 88.7 cm³/mol. The molecular weight excluding hydrogens is 304 g/mol. The van der Waals surface area contributed by atoms with Crippen LogP contribution < -0.4 is 10.3 Å². The molecule has 24 heavy (non-hydrogen) atoms. The Hall–Kier alpha value is -3.41. The van der Waals surface area contributed by atoms with Gasteiger partial charge in [0.25, 0.3) is 5.56 Å². The normalized spacial score (nSPS) is 11.0. The van der Waals surface area contributed by atoms with Gasteiger partial charge < -0.3 is 9.55 Å². The minimum Gasteiger partial charge on any atom is -0.337 e. The lowest BCUT2D eigenvalue weighted by Crippen LogP contribution is -2.28. The number of hydrogen-bond donors (Lipinski definition) is 2. The Morgan fingerprint density at radius 3 is 2.79 bits per heavy atom. The third kappa shape index (κ3) is 2.44. The Labute approximate surface area is 137 Å². The van der Waals surface area contributed by atoms with E-state index in [9.17, 15) is 10.0 Å². The summed E-state index contributed by atoms with van der Waals surface area (Å²) in [5, 5.41) is 9.66. The van der Waals surface area contributed by atoms with Gasteiger partial charge in [0.05, 0.1) is 11.9 Å². The molecule has 0 unspecified atom stereocenters. The van der Waals surface area contributed by atoms with Crippen molar-refractivity contribution in [2.24, 2.45) is 0 Å². The molecule has 3 aromatic heterocycles. The summed E-state index contributed by atoms with van der Waals surface area (Å²) < 4.78 is 2.88. The van der Waals surface area contributed by atoms with Gasteiger partial charge in [0.1, 0.15) is 11.0 Å². The van der Waals surface area contributed by atoms with Gasteiger partial charge in [-0.05, 0) is 11.6 Å². The first-order valence-corrected chi connectivity index (χ1v) is 7.54. The number of rotatable bonds is 3. The number of hydrogen-bond acceptors (Lipinski definition) is 3. The summed E-state index contributed by atoms with van der Waals surface area (Å²) in [6, 6.07) is 13.5. The highest BCUT2D eigenvalue weighted by atomic mass is 16.5. The van der Waals surface area contributed by atoms with Crippen LogP contribution in [-0.4, -0.2) is 19.7 Å². The van der Waals surface area contributed by atoms with Crippen LogP contribution in [0.15, 0.2) is 72.2 Å². The molecule has 3 heterocycles. The van der Waals surface area contributed by atoms with E-state index >= 15 is 0 Å². The molecule has 4 rings (SSSR count). The summed E-state index contributed by atoms with van der Waals surface area (Å²) in [5.41, 5.74) is 3.63. The lowest BCUT2D eigenvalue weighted by atomic mass is 10.1. The van der Waals surface area contributed by atoms with Crippen LogP contribution in [0.3, 0.4) is 0 Å².